The molecule has 0 aromatic rings. The maximum absolute atomic E-state index is 12.6. The third-order valence-electron chi connectivity index (χ3n) is 9.29. The van der Waals surface area contributed by atoms with E-state index < -0.39 is 45.1 Å². The van der Waals surface area contributed by atoms with Gasteiger partial charge in [-0.1, -0.05) is 167 Å². The van der Waals surface area contributed by atoms with Gasteiger partial charge in [-0.05, 0) is 38.5 Å². The monoisotopic (exact) mass is 762 g/mol. The molecule has 0 heterocycles. The van der Waals surface area contributed by atoms with E-state index in [2.05, 4.69) is 26.0 Å². The molecule has 3 unspecified atom stereocenters. The van der Waals surface area contributed by atoms with Gasteiger partial charge in [-0.15, -0.1) is 0 Å². The molecule has 52 heavy (non-hydrogen) atoms. The summed E-state index contributed by atoms with van der Waals surface area (Å²) in [5.74, 6) is -1.77. The summed E-state index contributed by atoms with van der Waals surface area (Å²) in [6.45, 7) is 3.89. The number of hydrogen-bond donors (Lipinski definition) is 3. The first-order chi connectivity index (χ1) is 25.2. The van der Waals surface area contributed by atoms with Gasteiger partial charge < -0.3 is 25.2 Å². The molecule has 3 atom stereocenters. The molecule has 0 saturated carbocycles. The van der Waals surface area contributed by atoms with Gasteiger partial charge in [-0.25, -0.2) is 4.57 Å². The second kappa shape index (κ2) is 38.0. The van der Waals surface area contributed by atoms with Gasteiger partial charge in [0.15, 0.2) is 0 Å². The van der Waals surface area contributed by atoms with Gasteiger partial charge in [-0.2, -0.15) is 0 Å². The van der Waals surface area contributed by atoms with Crippen molar-refractivity contribution in [1.29, 1.82) is 0 Å². The van der Waals surface area contributed by atoms with Crippen molar-refractivity contribution in [1.82, 2.24) is 0 Å². The average Bonchev–Trinajstić information content (AvgIpc) is 3.12. The SMILES string of the molecule is CCCCCCCC/C=C\CCCCCCCCCCCC(=O)OC(COCCCCCCCCCCCCC)COP(=O)(O)OCC(N)C(=O)O. The number of hydrogen-bond acceptors (Lipinski definition) is 8. The Labute approximate surface area is 318 Å². The Kier molecular flexibility index (Phi) is 37.1. The van der Waals surface area contributed by atoms with Crippen LogP contribution < -0.4 is 5.73 Å². The molecule has 0 aliphatic rings. The number of nitrogens with two attached hydrogens (primary N) is 1. The number of carbonyl (C=O) groups is 2. The number of carbonyl (C=O) groups excluding carboxylic acids is 1. The molecule has 0 aromatic heterocycles. The van der Waals surface area contributed by atoms with Crippen molar-refractivity contribution < 1.29 is 42.7 Å². The lowest BCUT2D eigenvalue weighted by Crippen LogP contribution is -2.34. The third-order valence-corrected chi connectivity index (χ3v) is 10.2. The van der Waals surface area contributed by atoms with Gasteiger partial charge in [0.1, 0.15) is 12.1 Å². The highest BCUT2D eigenvalue weighted by molar-refractivity contribution is 7.47. The smallest absolute Gasteiger partial charge is 0.472 e. The fraction of sp³-hybridized carbons (Fsp3) is 0.902. The first-order valence-corrected chi connectivity index (χ1v) is 22.7. The van der Waals surface area contributed by atoms with Crippen molar-refractivity contribution in [3.63, 3.8) is 0 Å². The largest absolute Gasteiger partial charge is 0.480 e. The Morgan fingerprint density at radius 2 is 1.00 bits per heavy atom. The Hall–Kier alpha value is -1.29. The van der Waals surface area contributed by atoms with Crippen LogP contribution in [0.4, 0.5) is 0 Å². The van der Waals surface area contributed by atoms with E-state index in [1.807, 2.05) is 0 Å². The lowest BCUT2D eigenvalue weighted by atomic mass is 10.1. The molecule has 0 spiro atoms. The first kappa shape index (κ1) is 50.7. The van der Waals surface area contributed by atoms with Crippen LogP contribution in [0.5, 0.6) is 0 Å². The van der Waals surface area contributed by atoms with Gasteiger partial charge in [-0.3, -0.25) is 18.6 Å². The molecule has 10 nitrogen and oxygen atoms in total. The van der Waals surface area contributed by atoms with E-state index in [-0.39, 0.29) is 13.0 Å². The van der Waals surface area contributed by atoms with Crippen molar-refractivity contribution in [2.45, 2.75) is 212 Å². The molecule has 0 aliphatic heterocycles. The highest BCUT2D eigenvalue weighted by atomic mass is 31.2. The maximum atomic E-state index is 12.6. The molecule has 0 rings (SSSR count). The van der Waals surface area contributed by atoms with Crippen LogP contribution in [0.2, 0.25) is 0 Å². The number of esters is 1. The fourth-order valence-electron chi connectivity index (χ4n) is 5.95. The summed E-state index contributed by atoms with van der Waals surface area (Å²) in [6, 6.07) is -1.47. The molecular weight excluding hydrogens is 681 g/mol. The Bertz CT molecular complexity index is 888. The molecule has 0 aromatic carbocycles. The number of carboxylic acids is 1. The number of phosphoric acid groups is 1. The van der Waals surface area contributed by atoms with E-state index >= 15 is 0 Å². The quantitative estimate of drug-likeness (QED) is 0.0237. The second-order valence-corrected chi connectivity index (χ2v) is 15.9. The zero-order chi connectivity index (χ0) is 38.4. The standard InChI is InChI=1S/C41H80NO9P/c1-3-5-7-9-11-13-15-16-17-18-19-20-21-22-23-25-27-29-31-33-40(43)51-38(36-49-52(46,47)50-37-39(42)41(44)45)35-48-34-32-30-28-26-24-14-12-10-8-6-4-2/h16-17,38-39H,3-15,18-37,42H2,1-2H3,(H,44,45)(H,46,47)/b17-16-. The average molecular weight is 762 g/mol. The molecule has 308 valence electrons. The molecule has 0 amide bonds. The topological polar surface area (TPSA) is 155 Å². The number of allylic oxidation sites excluding steroid dienone is 2. The Morgan fingerprint density at radius 3 is 1.46 bits per heavy atom. The minimum absolute atomic E-state index is 0.0214. The number of rotatable bonds is 41. The van der Waals surface area contributed by atoms with Gasteiger partial charge in [0, 0.05) is 13.0 Å². The number of aliphatic carboxylic acids is 1. The summed E-state index contributed by atoms with van der Waals surface area (Å²) >= 11 is 0. The van der Waals surface area contributed by atoms with Crippen LogP contribution in [0.3, 0.4) is 0 Å². The molecule has 0 aliphatic carbocycles. The van der Waals surface area contributed by atoms with Crippen molar-refractivity contribution in [2.75, 3.05) is 26.4 Å². The molecule has 4 N–H and O–H groups in total. The van der Waals surface area contributed by atoms with Gasteiger partial charge in [0.2, 0.25) is 0 Å². The predicted octanol–water partition coefficient (Wildman–Crippen LogP) is 11.4. The molecule has 11 heteroatoms. The van der Waals surface area contributed by atoms with Gasteiger partial charge >= 0.3 is 19.8 Å². The minimum Gasteiger partial charge on any atom is -0.480 e. The van der Waals surface area contributed by atoms with Crippen LogP contribution in [0.25, 0.3) is 0 Å². The highest BCUT2D eigenvalue weighted by Gasteiger charge is 2.27. The van der Waals surface area contributed by atoms with Crippen LogP contribution in [-0.4, -0.2) is 60.5 Å². The second-order valence-electron chi connectivity index (χ2n) is 14.5. The van der Waals surface area contributed by atoms with Gasteiger partial charge in [0.05, 0.1) is 19.8 Å². The van der Waals surface area contributed by atoms with Crippen LogP contribution >= 0.6 is 7.82 Å². The Balaban J connectivity index is 4.18. The van der Waals surface area contributed by atoms with E-state index in [1.165, 1.54) is 135 Å². The van der Waals surface area contributed by atoms with Crippen LogP contribution in [-0.2, 0) is 32.7 Å². The van der Waals surface area contributed by atoms with E-state index in [9.17, 15) is 19.0 Å². The number of phosphoric ester groups is 1. The number of carboxylic acid groups (broad SMARTS) is 1. The lowest BCUT2D eigenvalue weighted by molar-refractivity contribution is -0.154. The van der Waals surface area contributed by atoms with Crippen molar-refractivity contribution in [3.05, 3.63) is 12.2 Å². The first-order valence-electron chi connectivity index (χ1n) is 21.2. The zero-order valence-corrected chi connectivity index (χ0v) is 34.3. The van der Waals surface area contributed by atoms with Crippen LogP contribution in [0.15, 0.2) is 12.2 Å². The number of ether oxygens (including phenoxy) is 2. The van der Waals surface area contributed by atoms with E-state index in [0.29, 0.717) is 13.0 Å². The normalized spacial score (nSPS) is 14.1. The van der Waals surface area contributed by atoms with Crippen molar-refractivity contribution in [2.24, 2.45) is 5.73 Å². The van der Waals surface area contributed by atoms with Gasteiger partial charge in [0.25, 0.3) is 0 Å². The third kappa shape index (κ3) is 37.0. The molecule has 0 bridgehead atoms. The van der Waals surface area contributed by atoms with E-state index in [1.54, 1.807) is 0 Å². The molecular formula is C41H80NO9P. The van der Waals surface area contributed by atoms with E-state index in [4.69, 9.17) is 29.4 Å². The molecule has 0 radical (unpaired) electrons. The lowest BCUT2D eigenvalue weighted by Gasteiger charge is -2.20. The fourth-order valence-corrected chi connectivity index (χ4v) is 6.73. The minimum atomic E-state index is -4.61. The van der Waals surface area contributed by atoms with Crippen LogP contribution in [0, 0.1) is 0 Å². The molecule has 0 saturated heterocycles. The summed E-state index contributed by atoms with van der Waals surface area (Å²) in [6.07, 6.45) is 38.3. The molecule has 0 fully saturated rings. The highest BCUT2D eigenvalue weighted by Crippen LogP contribution is 2.43. The van der Waals surface area contributed by atoms with E-state index in [0.717, 1.165) is 38.5 Å². The van der Waals surface area contributed by atoms with Crippen LogP contribution in [0.1, 0.15) is 200 Å². The Morgan fingerprint density at radius 1 is 0.596 bits per heavy atom. The summed E-state index contributed by atoms with van der Waals surface area (Å²) < 4.78 is 33.3. The summed E-state index contributed by atoms with van der Waals surface area (Å²) in [5.41, 5.74) is 5.35. The van der Waals surface area contributed by atoms with Crippen molar-refractivity contribution in [3.8, 4) is 0 Å². The predicted molar refractivity (Wildman–Crippen MR) is 212 cm³/mol. The summed E-state index contributed by atoms with van der Waals surface area (Å²) in [7, 11) is -4.61. The zero-order valence-electron chi connectivity index (χ0n) is 33.4. The number of unbranched alkanes of at least 4 members (excludes halogenated alkanes) is 25. The summed E-state index contributed by atoms with van der Waals surface area (Å²) in [5, 5.41) is 8.88. The van der Waals surface area contributed by atoms with Crippen molar-refractivity contribution >= 4 is 19.8 Å². The summed E-state index contributed by atoms with van der Waals surface area (Å²) in [4.78, 5) is 33.5. The maximum Gasteiger partial charge on any atom is 0.472 e.